The van der Waals surface area contributed by atoms with E-state index in [0.717, 1.165) is 44.9 Å². The average molecular weight is 439 g/mol. The van der Waals surface area contributed by atoms with E-state index in [1.807, 2.05) is 19.1 Å². The molecule has 0 spiro atoms. The van der Waals surface area contributed by atoms with Crippen LogP contribution >= 0.6 is 12.4 Å². The molecule has 1 unspecified atom stereocenters. The van der Waals surface area contributed by atoms with E-state index in [-0.39, 0.29) is 29.3 Å². The summed E-state index contributed by atoms with van der Waals surface area (Å²) in [5.41, 5.74) is 1.44. The summed E-state index contributed by atoms with van der Waals surface area (Å²) in [5.74, 6) is 0.698. The van der Waals surface area contributed by atoms with Gasteiger partial charge in [0.2, 0.25) is 0 Å². The first kappa shape index (κ1) is 25.0. The molecule has 6 heteroatoms. The van der Waals surface area contributed by atoms with Crippen LogP contribution in [0.2, 0.25) is 0 Å². The number of nitrogens with one attached hydrogen (secondary N) is 1. The molecule has 1 N–H and O–H groups in total. The molecule has 1 aliphatic carbocycles. The molecule has 1 heterocycles. The van der Waals surface area contributed by atoms with Gasteiger partial charge in [-0.3, -0.25) is 9.69 Å². The first-order valence-corrected chi connectivity index (χ1v) is 11.2. The molecular weight excluding hydrogens is 400 g/mol. The number of halogens is 1. The molecule has 1 saturated heterocycles. The maximum absolute atomic E-state index is 12.8. The lowest BCUT2D eigenvalue weighted by molar-refractivity contribution is -0.128. The van der Waals surface area contributed by atoms with Crippen LogP contribution in [0.5, 0.6) is 5.75 Å². The third-order valence-corrected chi connectivity index (χ3v) is 6.46. The fourth-order valence-electron chi connectivity index (χ4n) is 4.54. The standard InChI is InChI=1S/C24H38N2O3.ClH/c1-19(29-21-10-8-20(9-11-21)23(2,3)4)22(27)25-18-24(12-6-5-7-13-24)26-14-16-28-17-15-26;/h8-11,19H,5-7,12-18H2,1-4H3,(H,25,27);1H. The highest BCUT2D eigenvalue weighted by Gasteiger charge is 2.39. The second-order valence-electron chi connectivity index (χ2n) is 9.64. The Morgan fingerprint density at radius 2 is 1.73 bits per heavy atom. The zero-order valence-corrected chi connectivity index (χ0v) is 19.9. The van der Waals surface area contributed by atoms with E-state index in [4.69, 9.17) is 9.47 Å². The Bertz CT molecular complexity index is 660. The van der Waals surface area contributed by atoms with E-state index in [1.54, 1.807) is 0 Å². The fourth-order valence-corrected chi connectivity index (χ4v) is 4.54. The summed E-state index contributed by atoms with van der Waals surface area (Å²) < 4.78 is 11.5. The van der Waals surface area contributed by atoms with Gasteiger partial charge in [0.25, 0.3) is 5.91 Å². The van der Waals surface area contributed by atoms with Crippen LogP contribution in [-0.4, -0.2) is 55.3 Å². The molecule has 1 aromatic carbocycles. The van der Waals surface area contributed by atoms with E-state index in [2.05, 4.69) is 43.1 Å². The van der Waals surface area contributed by atoms with Crippen LogP contribution in [0.25, 0.3) is 0 Å². The maximum Gasteiger partial charge on any atom is 0.260 e. The number of hydrogen-bond acceptors (Lipinski definition) is 4. The van der Waals surface area contributed by atoms with Crippen LogP contribution in [-0.2, 0) is 14.9 Å². The minimum Gasteiger partial charge on any atom is -0.481 e. The summed E-state index contributed by atoms with van der Waals surface area (Å²) in [7, 11) is 0. The van der Waals surface area contributed by atoms with Gasteiger partial charge in [0.1, 0.15) is 5.75 Å². The number of rotatable bonds is 6. The van der Waals surface area contributed by atoms with Gasteiger partial charge in [-0.25, -0.2) is 0 Å². The van der Waals surface area contributed by atoms with Crippen molar-refractivity contribution < 1.29 is 14.3 Å². The summed E-state index contributed by atoms with van der Waals surface area (Å²) in [6.45, 7) is 12.6. The lowest BCUT2D eigenvalue weighted by Crippen LogP contribution is -2.60. The number of hydrogen-bond donors (Lipinski definition) is 1. The van der Waals surface area contributed by atoms with E-state index >= 15 is 0 Å². The third kappa shape index (κ3) is 6.35. The minimum atomic E-state index is -0.513. The van der Waals surface area contributed by atoms with Crippen LogP contribution in [0.15, 0.2) is 24.3 Å². The van der Waals surface area contributed by atoms with Crippen molar-refractivity contribution in [2.75, 3.05) is 32.8 Å². The van der Waals surface area contributed by atoms with Crippen LogP contribution in [0.3, 0.4) is 0 Å². The molecule has 3 rings (SSSR count). The normalized spacial score (nSPS) is 20.7. The van der Waals surface area contributed by atoms with Gasteiger partial charge in [-0.15, -0.1) is 12.4 Å². The third-order valence-electron chi connectivity index (χ3n) is 6.46. The van der Waals surface area contributed by atoms with Gasteiger partial charge in [0, 0.05) is 25.2 Å². The summed E-state index contributed by atoms with van der Waals surface area (Å²) in [5, 5.41) is 3.20. The second kappa shape index (κ2) is 10.8. The van der Waals surface area contributed by atoms with Crippen molar-refractivity contribution in [3.05, 3.63) is 29.8 Å². The van der Waals surface area contributed by atoms with Gasteiger partial charge in [0.05, 0.1) is 13.2 Å². The van der Waals surface area contributed by atoms with Crippen molar-refractivity contribution in [1.82, 2.24) is 10.2 Å². The molecule has 2 aliphatic rings. The molecule has 30 heavy (non-hydrogen) atoms. The molecule has 170 valence electrons. The maximum atomic E-state index is 12.8. The molecule has 0 bridgehead atoms. The number of carbonyl (C=O) groups is 1. The molecular formula is C24H39ClN2O3. The van der Waals surface area contributed by atoms with Crippen molar-refractivity contribution in [3.63, 3.8) is 0 Å². The van der Waals surface area contributed by atoms with E-state index in [9.17, 15) is 4.79 Å². The highest BCUT2D eigenvalue weighted by atomic mass is 35.5. The van der Waals surface area contributed by atoms with Crippen LogP contribution < -0.4 is 10.1 Å². The summed E-state index contributed by atoms with van der Waals surface area (Å²) in [4.78, 5) is 15.3. The number of amides is 1. The van der Waals surface area contributed by atoms with Gasteiger partial charge in [-0.05, 0) is 42.9 Å². The van der Waals surface area contributed by atoms with Crippen molar-refractivity contribution in [1.29, 1.82) is 0 Å². The molecule has 5 nitrogen and oxygen atoms in total. The van der Waals surface area contributed by atoms with Crippen LogP contribution in [0.1, 0.15) is 65.4 Å². The summed E-state index contributed by atoms with van der Waals surface area (Å²) in [6, 6.07) is 8.08. The zero-order valence-electron chi connectivity index (χ0n) is 19.0. The van der Waals surface area contributed by atoms with Gasteiger partial charge in [-0.2, -0.15) is 0 Å². The molecule has 1 atom stereocenters. The molecule has 2 fully saturated rings. The van der Waals surface area contributed by atoms with E-state index in [0.29, 0.717) is 6.54 Å². The van der Waals surface area contributed by atoms with Crippen molar-refractivity contribution >= 4 is 18.3 Å². The molecule has 1 saturated carbocycles. The van der Waals surface area contributed by atoms with Crippen molar-refractivity contribution in [2.45, 2.75) is 76.9 Å². The lowest BCUT2D eigenvalue weighted by Gasteiger charge is -2.48. The second-order valence-corrected chi connectivity index (χ2v) is 9.64. The summed E-state index contributed by atoms with van der Waals surface area (Å²) in [6.07, 6.45) is 5.55. The number of ether oxygens (including phenoxy) is 2. The summed E-state index contributed by atoms with van der Waals surface area (Å²) >= 11 is 0. The van der Waals surface area contributed by atoms with Gasteiger partial charge >= 0.3 is 0 Å². The Morgan fingerprint density at radius 3 is 2.30 bits per heavy atom. The Labute approximate surface area is 188 Å². The van der Waals surface area contributed by atoms with E-state index in [1.165, 1.54) is 24.8 Å². The fraction of sp³-hybridized carbons (Fsp3) is 0.708. The first-order valence-electron chi connectivity index (χ1n) is 11.2. The number of benzene rings is 1. The first-order chi connectivity index (χ1) is 13.8. The largest absolute Gasteiger partial charge is 0.481 e. The predicted octanol–water partition coefficient (Wildman–Crippen LogP) is 4.32. The van der Waals surface area contributed by atoms with Crippen LogP contribution in [0, 0.1) is 0 Å². The quantitative estimate of drug-likeness (QED) is 0.718. The molecule has 0 radical (unpaired) electrons. The Balaban J connectivity index is 0.00000320. The molecule has 1 aromatic rings. The highest BCUT2D eigenvalue weighted by molar-refractivity contribution is 5.85. The van der Waals surface area contributed by atoms with Gasteiger partial charge in [-0.1, -0.05) is 52.2 Å². The Morgan fingerprint density at radius 1 is 1.13 bits per heavy atom. The molecule has 0 aromatic heterocycles. The van der Waals surface area contributed by atoms with E-state index < -0.39 is 6.10 Å². The Hall–Kier alpha value is -1.30. The molecule has 1 aliphatic heterocycles. The number of nitrogens with zero attached hydrogens (tertiary/aromatic N) is 1. The predicted molar refractivity (Wildman–Crippen MR) is 124 cm³/mol. The highest BCUT2D eigenvalue weighted by Crippen LogP contribution is 2.34. The van der Waals surface area contributed by atoms with Gasteiger partial charge in [0.15, 0.2) is 6.10 Å². The minimum absolute atomic E-state index is 0. The number of morpholine rings is 1. The lowest BCUT2D eigenvalue weighted by atomic mass is 9.79. The molecule has 1 amide bonds. The van der Waals surface area contributed by atoms with Gasteiger partial charge < -0.3 is 14.8 Å². The smallest absolute Gasteiger partial charge is 0.260 e. The monoisotopic (exact) mass is 438 g/mol. The van der Waals surface area contributed by atoms with Crippen molar-refractivity contribution in [2.24, 2.45) is 0 Å². The number of carbonyl (C=O) groups excluding carboxylic acids is 1. The van der Waals surface area contributed by atoms with Crippen molar-refractivity contribution in [3.8, 4) is 5.75 Å². The Kier molecular flexibility index (Phi) is 9.01. The zero-order chi connectivity index (χ0) is 20.9. The topological polar surface area (TPSA) is 50.8 Å². The SMILES string of the molecule is CC(Oc1ccc(C(C)(C)C)cc1)C(=O)NCC1(N2CCOCC2)CCCCC1.Cl. The average Bonchev–Trinajstić information content (AvgIpc) is 2.73. The van der Waals surface area contributed by atoms with Crippen LogP contribution in [0.4, 0.5) is 0 Å².